The normalized spacial score (nSPS) is 11.0. The lowest BCUT2D eigenvalue weighted by Gasteiger charge is -2.02. The predicted molar refractivity (Wildman–Crippen MR) is 80.2 cm³/mol. The average molecular weight is 298 g/mol. The van der Waals surface area contributed by atoms with E-state index in [1.165, 1.54) is 13.1 Å². The summed E-state index contributed by atoms with van der Waals surface area (Å²) in [5.41, 5.74) is 0.764. The molecular formula is C16H14N2O4. The van der Waals surface area contributed by atoms with Crippen LogP contribution in [0.2, 0.25) is 0 Å². The Kier molecular flexibility index (Phi) is 4.59. The van der Waals surface area contributed by atoms with Crippen molar-refractivity contribution in [3.8, 4) is 6.07 Å². The summed E-state index contributed by atoms with van der Waals surface area (Å²) in [5, 5.41) is 12.5. The number of carbonyl (C=O) groups is 2. The van der Waals surface area contributed by atoms with Gasteiger partial charge in [0.1, 0.15) is 11.7 Å². The lowest BCUT2D eigenvalue weighted by molar-refractivity contribution is -0.138. The highest BCUT2D eigenvalue weighted by molar-refractivity contribution is 6.06. The molecule has 0 aliphatic rings. The first kappa shape index (κ1) is 15.3. The van der Waals surface area contributed by atoms with Crippen molar-refractivity contribution in [2.75, 3.05) is 11.9 Å². The van der Waals surface area contributed by atoms with E-state index >= 15 is 0 Å². The number of fused-ring (bicyclic) bond motifs is 1. The molecule has 1 heterocycles. The van der Waals surface area contributed by atoms with Crippen molar-refractivity contribution in [3.05, 3.63) is 41.8 Å². The molecule has 1 aromatic carbocycles. The van der Waals surface area contributed by atoms with E-state index in [1.54, 1.807) is 37.3 Å². The molecule has 0 bridgehead atoms. The number of para-hydroxylation sites is 1. The Morgan fingerprint density at radius 3 is 2.77 bits per heavy atom. The Morgan fingerprint density at radius 2 is 2.14 bits per heavy atom. The van der Waals surface area contributed by atoms with Crippen molar-refractivity contribution in [2.45, 2.75) is 13.8 Å². The maximum atomic E-state index is 11.7. The molecule has 1 N–H and O–H groups in total. The van der Waals surface area contributed by atoms with Crippen LogP contribution >= 0.6 is 0 Å². The first-order chi connectivity index (χ1) is 10.6. The van der Waals surface area contributed by atoms with Gasteiger partial charge >= 0.3 is 5.97 Å². The van der Waals surface area contributed by atoms with Gasteiger partial charge in [0.15, 0.2) is 17.1 Å². The second kappa shape index (κ2) is 6.59. The maximum Gasteiger partial charge on any atom is 0.350 e. The minimum atomic E-state index is -0.727. The van der Waals surface area contributed by atoms with Crippen molar-refractivity contribution >= 4 is 28.4 Å². The Labute approximate surface area is 127 Å². The fourth-order valence-electron chi connectivity index (χ4n) is 1.93. The molecule has 6 heteroatoms. The molecule has 6 nitrogen and oxygen atoms in total. The van der Waals surface area contributed by atoms with E-state index in [1.807, 2.05) is 0 Å². The average Bonchev–Trinajstić information content (AvgIpc) is 2.87. The fraction of sp³-hybridized carbons (Fsp3) is 0.188. The molecule has 0 radical (unpaired) electrons. The van der Waals surface area contributed by atoms with Gasteiger partial charge < -0.3 is 14.5 Å². The second-order valence-electron chi connectivity index (χ2n) is 4.39. The number of nitrogens with one attached hydrogen (secondary N) is 1. The third-order valence-corrected chi connectivity index (χ3v) is 2.89. The first-order valence-corrected chi connectivity index (χ1v) is 6.64. The maximum absolute atomic E-state index is 11.7. The van der Waals surface area contributed by atoms with Crippen molar-refractivity contribution in [1.29, 1.82) is 5.26 Å². The van der Waals surface area contributed by atoms with E-state index in [4.69, 9.17) is 14.4 Å². The molecule has 0 aliphatic heterocycles. The largest absolute Gasteiger partial charge is 0.462 e. The van der Waals surface area contributed by atoms with Gasteiger partial charge in [0.25, 0.3) is 0 Å². The highest BCUT2D eigenvalue weighted by atomic mass is 16.5. The van der Waals surface area contributed by atoms with Gasteiger partial charge in [0.05, 0.1) is 12.3 Å². The Balaban J connectivity index is 2.42. The van der Waals surface area contributed by atoms with Crippen molar-refractivity contribution in [2.24, 2.45) is 0 Å². The quantitative estimate of drug-likeness (QED) is 0.395. The van der Waals surface area contributed by atoms with Crippen LogP contribution in [0.4, 0.5) is 5.69 Å². The minimum absolute atomic E-state index is 0.138. The number of benzene rings is 1. The van der Waals surface area contributed by atoms with Crippen LogP contribution < -0.4 is 5.32 Å². The summed E-state index contributed by atoms with van der Waals surface area (Å²) in [6.07, 6.45) is 1.21. The summed E-state index contributed by atoms with van der Waals surface area (Å²) in [4.78, 5) is 23.2. The smallest absolute Gasteiger partial charge is 0.350 e. The monoisotopic (exact) mass is 298 g/mol. The van der Waals surface area contributed by atoms with Gasteiger partial charge in [0.2, 0.25) is 0 Å². The molecule has 0 amide bonds. The summed E-state index contributed by atoms with van der Waals surface area (Å²) in [5.74, 6) is -0.852. The van der Waals surface area contributed by atoms with Crippen LogP contribution in [0.25, 0.3) is 11.0 Å². The molecule has 0 aliphatic carbocycles. The number of carbonyl (C=O) groups excluding carboxylic acids is 2. The molecule has 0 fully saturated rings. The Morgan fingerprint density at radius 1 is 1.41 bits per heavy atom. The van der Waals surface area contributed by atoms with Crippen LogP contribution in [0.1, 0.15) is 24.4 Å². The summed E-state index contributed by atoms with van der Waals surface area (Å²) in [6.45, 7) is 3.20. The second-order valence-corrected chi connectivity index (χ2v) is 4.39. The van der Waals surface area contributed by atoms with Gasteiger partial charge in [-0.3, -0.25) is 4.79 Å². The molecule has 112 valence electrons. The van der Waals surface area contributed by atoms with E-state index in [9.17, 15) is 9.59 Å². The number of furan rings is 1. The summed E-state index contributed by atoms with van der Waals surface area (Å²) in [7, 11) is 0. The topological polar surface area (TPSA) is 92.3 Å². The van der Waals surface area contributed by atoms with Gasteiger partial charge in [-0.15, -0.1) is 0 Å². The molecule has 1 aromatic heterocycles. The number of nitriles is 1. The number of ether oxygens (including phenoxy) is 1. The van der Waals surface area contributed by atoms with E-state index in [0.717, 1.165) is 0 Å². The lowest BCUT2D eigenvalue weighted by Crippen LogP contribution is -2.08. The molecule has 0 spiro atoms. The van der Waals surface area contributed by atoms with E-state index in [2.05, 4.69) is 5.32 Å². The summed E-state index contributed by atoms with van der Waals surface area (Å²) in [6, 6.07) is 8.84. The zero-order valence-electron chi connectivity index (χ0n) is 12.2. The molecule has 22 heavy (non-hydrogen) atoms. The third-order valence-electron chi connectivity index (χ3n) is 2.89. The van der Waals surface area contributed by atoms with Crippen molar-refractivity contribution in [1.82, 2.24) is 0 Å². The van der Waals surface area contributed by atoms with Crippen LogP contribution in [0.5, 0.6) is 0 Å². The molecule has 2 rings (SSSR count). The lowest BCUT2D eigenvalue weighted by atomic mass is 10.2. The van der Waals surface area contributed by atoms with Gasteiger partial charge in [-0.2, -0.15) is 5.26 Å². The minimum Gasteiger partial charge on any atom is -0.462 e. The van der Waals surface area contributed by atoms with E-state index in [-0.39, 0.29) is 23.7 Å². The summed E-state index contributed by atoms with van der Waals surface area (Å²) >= 11 is 0. The predicted octanol–water partition coefficient (Wildman–Crippen LogP) is 3.02. The number of ketones is 1. The van der Waals surface area contributed by atoms with E-state index < -0.39 is 5.97 Å². The Bertz CT molecular complexity index is 796. The number of rotatable bonds is 5. The van der Waals surface area contributed by atoms with Crippen molar-refractivity contribution < 1.29 is 18.7 Å². The van der Waals surface area contributed by atoms with Gasteiger partial charge in [-0.05, 0) is 19.1 Å². The van der Waals surface area contributed by atoms with Crippen LogP contribution in [0.15, 0.2) is 40.5 Å². The van der Waals surface area contributed by atoms with Crippen LogP contribution in [0.3, 0.4) is 0 Å². The number of hydrogen-bond donors (Lipinski definition) is 1. The summed E-state index contributed by atoms with van der Waals surface area (Å²) < 4.78 is 10.3. The van der Waals surface area contributed by atoms with Crippen LogP contribution in [-0.2, 0) is 9.53 Å². The van der Waals surface area contributed by atoms with Crippen molar-refractivity contribution in [3.63, 3.8) is 0 Å². The van der Waals surface area contributed by atoms with Gasteiger partial charge in [-0.25, -0.2) is 4.79 Å². The number of Topliss-reactive ketones (excluding diaryl/α,β-unsaturated/α-hetero) is 1. The van der Waals surface area contributed by atoms with Gasteiger partial charge in [0, 0.05) is 18.5 Å². The SMILES string of the molecule is CCOC(=O)/C(C#N)=C/Nc1c(C(C)=O)oc2ccccc12. The molecular weight excluding hydrogens is 284 g/mol. The number of esters is 1. The highest BCUT2D eigenvalue weighted by Crippen LogP contribution is 2.31. The standard InChI is InChI=1S/C16H14N2O4/c1-3-21-16(20)11(8-17)9-18-14-12-6-4-5-7-13(12)22-15(14)10(2)19/h4-7,9,18H,3H2,1-2H3/b11-9+. The zero-order chi connectivity index (χ0) is 16.1. The molecule has 0 atom stereocenters. The zero-order valence-corrected chi connectivity index (χ0v) is 12.2. The van der Waals surface area contributed by atoms with E-state index in [0.29, 0.717) is 16.7 Å². The highest BCUT2D eigenvalue weighted by Gasteiger charge is 2.17. The molecule has 2 aromatic rings. The van der Waals surface area contributed by atoms with Crippen LogP contribution in [-0.4, -0.2) is 18.4 Å². The first-order valence-electron chi connectivity index (χ1n) is 6.64. The third kappa shape index (κ3) is 2.99. The molecule has 0 unspecified atom stereocenters. The Hall–Kier alpha value is -3.07. The number of hydrogen-bond acceptors (Lipinski definition) is 6. The number of anilines is 1. The fourth-order valence-corrected chi connectivity index (χ4v) is 1.93. The molecule has 0 saturated heterocycles. The number of nitrogens with zero attached hydrogens (tertiary/aromatic N) is 1. The van der Waals surface area contributed by atoms with Gasteiger partial charge in [-0.1, -0.05) is 12.1 Å². The molecule has 0 saturated carbocycles. The van der Waals surface area contributed by atoms with Crippen LogP contribution in [0, 0.1) is 11.3 Å².